The molecule has 0 saturated heterocycles. The van der Waals surface area contributed by atoms with Gasteiger partial charge in [0.1, 0.15) is 5.75 Å². The number of aromatic nitrogens is 1. The number of nitrogens with one attached hydrogen (secondary N) is 1. The highest BCUT2D eigenvalue weighted by molar-refractivity contribution is 7.16. The zero-order valence-electron chi connectivity index (χ0n) is 17.3. The van der Waals surface area contributed by atoms with Gasteiger partial charge in [0.15, 0.2) is 10.9 Å². The van der Waals surface area contributed by atoms with E-state index in [1.807, 2.05) is 37.3 Å². The molecule has 0 aliphatic carbocycles. The Kier molecular flexibility index (Phi) is 7.74. The first-order valence-electron chi connectivity index (χ1n) is 10.2. The van der Waals surface area contributed by atoms with Crippen molar-refractivity contribution in [3.8, 4) is 17.0 Å². The number of amides is 1. The van der Waals surface area contributed by atoms with Crippen molar-refractivity contribution in [3.05, 3.63) is 65.0 Å². The van der Waals surface area contributed by atoms with Gasteiger partial charge in [0.05, 0.1) is 12.3 Å². The van der Waals surface area contributed by atoms with E-state index in [2.05, 4.69) is 17.2 Å². The van der Waals surface area contributed by atoms with Crippen LogP contribution < -0.4 is 10.1 Å². The fraction of sp³-hybridized carbons (Fsp3) is 0.292. The minimum Gasteiger partial charge on any atom is -0.494 e. The van der Waals surface area contributed by atoms with Gasteiger partial charge in [-0.25, -0.2) is 4.98 Å². The Labute approximate surface area is 181 Å². The van der Waals surface area contributed by atoms with Crippen LogP contribution in [0.3, 0.4) is 0 Å². The second-order valence-corrected chi connectivity index (χ2v) is 7.92. The lowest BCUT2D eigenvalue weighted by Gasteiger charge is -2.05. The summed E-state index contributed by atoms with van der Waals surface area (Å²) in [6, 6.07) is 17.0. The van der Waals surface area contributed by atoms with E-state index >= 15 is 0 Å². The van der Waals surface area contributed by atoms with Crippen molar-refractivity contribution in [2.45, 2.75) is 39.5 Å². The second kappa shape index (κ2) is 10.7. The molecule has 1 N–H and O–H groups in total. The molecule has 0 bridgehead atoms. The van der Waals surface area contributed by atoms with Crippen LogP contribution in [0, 0.1) is 0 Å². The van der Waals surface area contributed by atoms with Crippen molar-refractivity contribution in [3.63, 3.8) is 0 Å². The average Bonchev–Trinajstić information content (AvgIpc) is 3.16. The molecule has 0 saturated carbocycles. The molecule has 0 unspecified atom stereocenters. The van der Waals surface area contributed by atoms with Crippen LogP contribution in [-0.2, 0) is 11.2 Å². The summed E-state index contributed by atoms with van der Waals surface area (Å²) >= 11 is 1.50. The topological polar surface area (TPSA) is 68.3 Å². The van der Waals surface area contributed by atoms with Gasteiger partial charge in [0.25, 0.3) is 0 Å². The van der Waals surface area contributed by atoms with Crippen LogP contribution in [0.4, 0.5) is 5.13 Å². The largest absolute Gasteiger partial charge is 0.494 e. The monoisotopic (exact) mass is 422 g/mol. The molecule has 0 aliphatic rings. The molecule has 0 aliphatic heterocycles. The number of carbonyl (C=O) groups excluding carboxylic acids is 2. The summed E-state index contributed by atoms with van der Waals surface area (Å²) in [4.78, 5) is 30.5. The Morgan fingerprint density at radius 1 is 1.00 bits per heavy atom. The van der Waals surface area contributed by atoms with Crippen molar-refractivity contribution in [1.29, 1.82) is 0 Å². The number of Topliss-reactive ketones (excluding diaryl/α,β-unsaturated/α-hetero) is 1. The van der Waals surface area contributed by atoms with Gasteiger partial charge < -0.3 is 10.1 Å². The number of ketones is 1. The molecule has 1 heterocycles. The van der Waals surface area contributed by atoms with Crippen LogP contribution in [0.1, 0.15) is 48.3 Å². The Morgan fingerprint density at radius 2 is 1.73 bits per heavy atom. The van der Waals surface area contributed by atoms with Crippen LogP contribution in [0.15, 0.2) is 54.6 Å². The van der Waals surface area contributed by atoms with E-state index in [9.17, 15) is 9.59 Å². The van der Waals surface area contributed by atoms with Gasteiger partial charge in [-0.15, -0.1) is 11.3 Å². The van der Waals surface area contributed by atoms with E-state index < -0.39 is 0 Å². The number of rotatable bonds is 10. The van der Waals surface area contributed by atoms with Crippen molar-refractivity contribution >= 4 is 28.2 Å². The maximum Gasteiger partial charge on any atom is 0.226 e. The highest BCUT2D eigenvalue weighted by atomic mass is 32.1. The number of ether oxygens (including phenoxy) is 1. The molecular formula is C24H26N2O3S. The lowest BCUT2D eigenvalue weighted by Crippen LogP contribution is -2.13. The van der Waals surface area contributed by atoms with Crippen LogP contribution >= 0.6 is 11.3 Å². The standard InChI is InChI=1S/C24H26N2O3S/c1-3-8-21-23(18-9-6-5-7-10-18)26-24(30-21)25-22(28)16-15-20(27)17-11-13-19(14-12-17)29-4-2/h5-7,9-14H,3-4,8,15-16H2,1-2H3,(H,25,26,28). The zero-order valence-corrected chi connectivity index (χ0v) is 18.1. The predicted molar refractivity (Wildman–Crippen MR) is 121 cm³/mol. The number of nitrogens with zero attached hydrogens (tertiary/aromatic N) is 1. The number of hydrogen-bond donors (Lipinski definition) is 1. The van der Waals surface area contributed by atoms with Gasteiger partial charge in [-0.2, -0.15) is 0 Å². The molecule has 3 aromatic rings. The Hall–Kier alpha value is -2.99. The third-order valence-electron chi connectivity index (χ3n) is 4.53. The summed E-state index contributed by atoms with van der Waals surface area (Å²) in [5.74, 6) is 0.461. The molecule has 156 valence electrons. The summed E-state index contributed by atoms with van der Waals surface area (Å²) in [5.41, 5.74) is 2.55. The smallest absolute Gasteiger partial charge is 0.226 e. The number of hydrogen-bond acceptors (Lipinski definition) is 5. The highest BCUT2D eigenvalue weighted by Gasteiger charge is 2.15. The van der Waals surface area contributed by atoms with E-state index in [0.29, 0.717) is 17.3 Å². The summed E-state index contributed by atoms with van der Waals surface area (Å²) in [6.45, 7) is 4.61. The van der Waals surface area contributed by atoms with Gasteiger partial charge in [0, 0.05) is 28.8 Å². The normalized spacial score (nSPS) is 10.6. The van der Waals surface area contributed by atoms with Crippen molar-refractivity contribution < 1.29 is 14.3 Å². The molecule has 0 spiro atoms. The average molecular weight is 423 g/mol. The summed E-state index contributed by atoms with van der Waals surface area (Å²) in [6.07, 6.45) is 2.19. The third-order valence-corrected chi connectivity index (χ3v) is 5.56. The number of thiazole rings is 1. The highest BCUT2D eigenvalue weighted by Crippen LogP contribution is 2.32. The molecule has 1 amide bonds. The second-order valence-electron chi connectivity index (χ2n) is 6.84. The Morgan fingerprint density at radius 3 is 2.40 bits per heavy atom. The minimum atomic E-state index is -0.203. The summed E-state index contributed by atoms with van der Waals surface area (Å²) < 4.78 is 5.38. The lowest BCUT2D eigenvalue weighted by atomic mass is 10.1. The van der Waals surface area contributed by atoms with E-state index in [4.69, 9.17) is 4.74 Å². The maximum absolute atomic E-state index is 12.4. The summed E-state index contributed by atoms with van der Waals surface area (Å²) in [5, 5.41) is 3.44. The van der Waals surface area contributed by atoms with Crippen LogP contribution in [0.25, 0.3) is 11.3 Å². The molecule has 5 nitrogen and oxygen atoms in total. The fourth-order valence-corrected chi connectivity index (χ4v) is 4.18. The Balaban J connectivity index is 1.60. The molecule has 30 heavy (non-hydrogen) atoms. The van der Waals surface area contributed by atoms with Crippen LogP contribution in [0.2, 0.25) is 0 Å². The molecule has 1 aromatic heterocycles. The summed E-state index contributed by atoms with van der Waals surface area (Å²) in [7, 11) is 0. The van der Waals surface area contributed by atoms with Gasteiger partial charge in [0.2, 0.25) is 5.91 Å². The number of carbonyl (C=O) groups is 2. The van der Waals surface area contributed by atoms with E-state index in [1.54, 1.807) is 24.3 Å². The van der Waals surface area contributed by atoms with Crippen molar-refractivity contribution in [1.82, 2.24) is 4.98 Å². The van der Waals surface area contributed by atoms with Gasteiger partial charge in [-0.05, 0) is 37.6 Å². The third kappa shape index (κ3) is 5.76. The molecule has 6 heteroatoms. The zero-order chi connectivity index (χ0) is 21.3. The lowest BCUT2D eigenvalue weighted by molar-refractivity contribution is -0.116. The molecule has 3 rings (SSSR count). The number of anilines is 1. The molecule has 0 fully saturated rings. The predicted octanol–water partition coefficient (Wildman–Crippen LogP) is 5.76. The van der Waals surface area contributed by atoms with Crippen molar-refractivity contribution in [2.24, 2.45) is 0 Å². The fourth-order valence-electron chi connectivity index (χ4n) is 3.08. The van der Waals surface area contributed by atoms with Crippen LogP contribution in [-0.4, -0.2) is 23.3 Å². The maximum atomic E-state index is 12.4. The van der Waals surface area contributed by atoms with Gasteiger partial charge in [-0.1, -0.05) is 43.7 Å². The van der Waals surface area contributed by atoms with E-state index in [-0.39, 0.29) is 24.5 Å². The molecule has 0 atom stereocenters. The molecular weight excluding hydrogens is 396 g/mol. The van der Waals surface area contributed by atoms with Crippen molar-refractivity contribution in [2.75, 3.05) is 11.9 Å². The number of benzene rings is 2. The van der Waals surface area contributed by atoms with E-state index in [0.717, 1.165) is 34.7 Å². The first kappa shape index (κ1) is 21.7. The SMILES string of the molecule is CCCc1sc(NC(=O)CCC(=O)c2ccc(OCC)cc2)nc1-c1ccccc1. The first-order chi connectivity index (χ1) is 14.6. The minimum absolute atomic E-state index is 0.0658. The number of aryl methyl sites for hydroxylation is 1. The first-order valence-corrected chi connectivity index (χ1v) is 11.0. The van der Waals surface area contributed by atoms with Gasteiger partial charge >= 0.3 is 0 Å². The molecule has 0 radical (unpaired) electrons. The quantitative estimate of drug-likeness (QED) is 0.422. The Bertz CT molecular complexity index is 981. The molecule has 2 aromatic carbocycles. The van der Waals surface area contributed by atoms with Gasteiger partial charge in [-0.3, -0.25) is 9.59 Å². The van der Waals surface area contributed by atoms with Crippen LogP contribution in [0.5, 0.6) is 5.75 Å². The van der Waals surface area contributed by atoms with E-state index in [1.165, 1.54) is 11.3 Å².